The van der Waals surface area contributed by atoms with Gasteiger partial charge in [-0.25, -0.2) is 0 Å². The summed E-state index contributed by atoms with van der Waals surface area (Å²) >= 11 is 5.85. The standard InChI is InChI=1S/C15H21ClN2O/c1-11-9-18(10-12(2)17(11)3)15(19)8-13-4-6-14(16)7-5-13/h4-7,11-12H,8-10H2,1-3H3. The Bertz CT molecular complexity index is 434. The lowest BCUT2D eigenvalue weighted by Crippen LogP contribution is -2.56. The minimum absolute atomic E-state index is 0.203. The first-order chi connectivity index (χ1) is 8.97. The van der Waals surface area contributed by atoms with E-state index < -0.39 is 0 Å². The van der Waals surface area contributed by atoms with E-state index in [0.29, 0.717) is 23.5 Å². The second kappa shape index (κ2) is 5.93. The SMILES string of the molecule is CC1CN(C(=O)Cc2ccc(Cl)cc2)CC(C)N1C. The van der Waals surface area contributed by atoms with Crippen molar-refractivity contribution in [1.29, 1.82) is 0 Å². The molecule has 1 saturated heterocycles. The zero-order valence-electron chi connectivity index (χ0n) is 11.8. The molecule has 0 spiro atoms. The van der Waals surface area contributed by atoms with Gasteiger partial charge < -0.3 is 4.90 Å². The minimum Gasteiger partial charge on any atom is -0.339 e. The number of nitrogens with zero attached hydrogens (tertiary/aromatic N) is 2. The van der Waals surface area contributed by atoms with Gasteiger partial charge >= 0.3 is 0 Å². The fraction of sp³-hybridized carbons (Fsp3) is 0.533. The van der Waals surface area contributed by atoms with Crippen LogP contribution in [-0.2, 0) is 11.2 Å². The number of carbonyl (C=O) groups excluding carboxylic acids is 1. The number of hydrogen-bond donors (Lipinski definition) is 0. The molecule has 104 valence electrons. The maximum absolute atomic E-state index is 12.3. The highest BCUT2D eigenvalue weighted by Gasteiger charge is 2.28. The van der Waals surface area contributed by atoms with Crippen LogP contribution in [0.5, 0.6) is 0 Å². The topological polar surface area (TPSA) is 23.6 Å². The van der Waals surface area contributed by atoms with Crippen molar-refractivity contribution < 1.29 is 4.79 Å². The van der Waals surface area contributed by atoms with Gasteiger partial charge in [-0.3, -0.25) is 9.69 Å². The molecule has 2 rings (SSSR count). The van der Waals surface area contributed by atoms with Crippen molar-refractivity contribution in [1.82, 2.24) is 9.80 Å². The van der Waals surface area contributed by atoms with Crippen LogP contribution in [0.15, 0.2) is 24.3 Å². The van der Waals surface area contributed by atoms with E-state index in [2.05, 4.69) is 25.8 Å². The second-order valence-corrected chi connectivity index (χ2v) is 5.90. The molecule has 4 heteroatoms. The number of piperazine rings is 1. The second-order valence-electron chi connectivity index (χ2n) is 5.47. The summed E-state index contributed by atoms with van der Waals surface area (Å²) in [7, 11) is 2.12. The van der Waals surface area contributed by atoms with E-state index in [9.17, 15) is 4.79 Å². The zero-order chi connectivity index (χ0) is 14.0. The largest absolute Gasteiger partial charge is 0.339 e. The van der Waals surface area contributed by atoms with Gasteiger partial charge in [-0.1, -0.05) is 23.7 Å². The smallest absolute Gasteiger partial charge is 0.227 e. The van der Waals surface area contributed by atoms with Gasteiger partial charge in [0.25, 0.3) is 0 Å². The summed E-state index contributed by atoms with van der Waals surface area (Å²) < 4.78 is 0. The summed E-state index contributed by atoms with van der Waals surface area (Å²) in [6.45, 7) is 5.96. The Labute approximate surface area is 120 Å². The molecule has 1 heterocycles. The molecule has 2 atom stereocenters. The number of rotatable bonds is 2. The lowest BCUT2D eigenvalue weighted by molar-refractivity contribution is -0.134. The first kappa shape index (κ1) is 14.4. The van der Waals surface area contributed by atoms with Crippen LogP contribution in [0, 0.1) is 0 Å². The van der Waals surface area contributed by atoms with Crippen LogP contribution in [0.4, 0.5) is 0 Å². The lowest BCUT2D eigenvalue weighted by Gasteiger charge is -2.42. The van der Waals surface area contributed by atoms with Gasteiger partial charge in [0.2, 0.25) is 5.91 Å². The molecule has 2 unspecified atom stereocenters. The van der Waals surface area contributed by atoms with E-state index >= 15 is 0 Å². The summed E-state index contributed by atoms with van der Waals surface area (Å²) in [6.07, 6.45) is 0.459. The predicted molar refractivity (Wildman–Crippen MR) is 78.4 cm³/mol. The number of benzene rings is 1. The zero-order valence-corrected chi connectivity index (χ0v) is 12.5. The molecule has 0 N–H and O–H groups in total. The quantitative estimate of drug-likeness (QED) is 0.831. The normalized spacial score (nSPS) is 24.5. The van der Waals surface area contributed by atoms with Crippen LogP contribution in [0.25, 0.3) is 0 Å². The van der Waals surface area contributed by atoms with E-state index in [1.54, 1.807) is 0 Å². The van der Waals surface area contributed by atoms with Gasteiger partial charge in [-0.15, -0.1) is 0 Å². The molecule has 19 heavy (non-hydrogen) atoms. The molecule has 1 aliphatic rings. The molecular formula is C15H21ClN2O. The maximum atomic E-state index is 12.3. The molecule has 1 aromatic carbocycles. The highest BCUT2D eigenvalue weighted by Crippen LogP contribution is 2.16. The van der Waals surface area contributed by atoms with Crippen molar-refractivity contribution in [3.8, 4) is 0 Å². The summed E-state index contributed by atoms with van der Waals surface area (Å²) in [4.78, 5) is 16.6. The number of hydrogen-bond acceptors (Lipinski definition) is 2. The van der Waals surface area contributed by atoms with E-state index in [0.717, 1.165) is 18.7 Å². The molecule has 0 bridgehead atoms. The van der Waals surface area contributed by atoms with Crippen LogP contribution in [0.1, 0.15) is 19.4 Å². The molecule has 1 aromatic rings. The highest BCUT2D eigenvalue weighted by molar-refractivity contribution is 6.30. The average molecular weight is 281 g/mol. The Morgan fingerprint density at radius 3 is 2.26 bits per heavy atom. The van der Waals surface area contributed by atoms with Crippen LogP contribution in [0.3, 0.4) is 0 Å². The molecular weight excluding hydrogens is 260 g/mol. The van der Waals surface area contributed by atoms with Gasteiger partial charge in [-0.05, 0) is 38.6 Å². The van der Waals surface area contributed by atoms with Crippen molar-refractivity contribution >= 4 is 17.5 Å². The van der Waals surface area contributed by atoms with Gasteiger partial charge in [-0.2, -0.15) is 0 Å². The van der Waals surface area contributed by atoms with Crippen LogP contribution in [-0.4, -0.2) is 47.9 Å². The van der Waals surface area contributed by atoms with E-state index in [1.807, 2.05) is 29.2 Å². The summed E-state index contributed by atoms with van der Waals surface area (Å²) in [5.74, 6) is 0.203. The highest BCUT2D eigenvalue weighted by atomic mass is 35.5. The number of halogens is 1. The molecule has 3 nitrogen and oxygen atoms in total. The Kier molecular flexibility index (Phi) is 4.48. The Hall–Kier alpha value is -1.06. The molecule has 0 aromatic heterocycles. The summed E-state index contributed by atoms with van der Waals surface area (Å²) in [5.41, 5.74) is 1.02. The first-order valence-corrected chi connectivity index (χ1v) is 7.09. The third kappa shape index (κ3) is 3.48. The minimum atomic E-state index is 0.203. The van der Waals surface area contributed by atoms with Crippen molar-refractivity contribution in [3.05, 3.63) is 34.9 Å². The molecule has 1 aliphatic heterocycles. The van der Waals surface area contributed by atoms with Gasteiger partial charge in [0.1, 0.15) is 0 Å². The molecule has 1 amide bonds. The number of amides is 1. The van der Waals surface area contributed by atoms with Crippen molar-refractivity contribution in [2.75, 3.05) is 20.1 Å². The van der Waals surface area contributed by atoms with Crippen molar-refractivity contribution in [2.45, 2.75) is 32.4 Å². The Morgan fingerprint density at radius 1 is 1.21 bits per heavy atom. The molecule has 1 fully saturated rings. The molecule has 0 saturated carbocycles. The van der Waals surface area contributed by atoms with Gasteiger partial charge in [0.15, 0.2) is 0 Å². The van der Waals surface area contributed by atoms with Gasteiger partial charge in [0, 0.05) is 30.2 Å². The molecule has 0 radical (unpaired) electrons. The van der Waals surface area contributed by atoms with Crippen LogP contribution >= 0.6 is 11.6 Å². The van der Waals surface area contributed by atoms with Crippen molar-refractivity contribution in [2.24, 2.45) is 0 Å². The predicted octanol–water partition coefficient (Wildman–Crippen LogP) is 2.43. The Morgan fingerprint density at radius 2 is 1.74 bits per heavy atom. The Balaban J connectivity index is 1.98. The van der Waals surface area contributed by atoms with Crippen LogP contribution < -0.4 is 0 Å². The third-order valence-electron chi connectivity index (χ3n) is 3.98. The maximum Gasteiger partial charge on any atom is 0.227 e. The molecule has 0 aliphatic carbocycles. The fourth-order valence-electron chi connectivity index (χ4n) is 2.50. The van der Waals surface area contributed by atoms with Crippen LogP contribution in [0.2, 0.25) is 5.02 Å². The summed E-state index contributed by atoms with van der Waals surface area (Å²) in [6, 6.07) is 8.33. The van der Waals surface area contributed by atoms with E-state index in [-0.39, 0.29) is 5.91 Å². The first-order valence-electron chi connectivity index (χ1n) is 6.71. The fourth-order valence-corrected chi connectivity index (χ4v) is 2.62. The van der Waals surface area contributed by atoms with E-state index in [4.69, 9.17) is 11.6 Å². The number of likely N-dealkylation sites (N-methyl/N-ethyl adjacent to an activating group) is 1. The third-order valence-corrected chi connectivity index (χ3v) is 4.23. The monoisotopic (exact) mass is 280 g/mol. The van der Waals surface area contributed by atoms with E-state index in [1.165, 1.54) is 0 Å². The number of carbonyl (C=O) groups is 1. The van der Waals surface area contributed by atoms with Gasteiger partial charge in [0.05, 0.1) is 6.42 Å². The van der Waals surface area contributed by atoms with Crippen molar-refractivity contribution in [3.63, 3.8) is 0 Å². The average Bonchev–Trinajstić information content (AvgIpc) is 2.38. The summed E-state index contributed by atoms with van der Waals surface area (Å²) in [5, 5.41) is 0.707. The lowest BCUT2D eigenvalue weighted by atomic mass is 10.1.